The van der Waals surface area contributed by atoms with E-state index < -0.39 is 5.41 Å². The average Bonchev–Trinajstić information content (AvgIpc) is 3.38. The number of aromatic nitrogens is 3. The highest BCUT2D eigenvalue weighted by atomic mass is 19.1. The van der Waals surface area contributed by atoms with Crippen LogP contribution in [0, 0.1) is 12.7 Å². The molecule has 0 N–H and O–H groups in total. The molecule has 5 rings (SSSR count). The third-order valence-corrected chi connectivity index (χ3v) is 6.13. The Morgan fingerprint density at radius 1 is 0.967 bits per heavy atom. The van der Waals surface area contributed by atoms with Crippen molar-refractivity contribution in [1.82, 2.24) is 19.4 Å². The Morgan fingerprint density at radius 3 is 2.23 bits per heavy atom. The lowest BCUT2D eigenvalue weighted by Gasteiger charge is -2.37. The summed E-state index contributed by atoms with van der Waals surface area (Å²) in [5.41, 5.74) is 0.474. The SMILES string of the molecule is Cc1nc(N2CCN(C(=O)C3(c4ccc(F)cc4)CC3)CC2)cc(-n2cccc2)n1. The fourth-order valence-electron chi connectivity index (χ4n) is 4.28. The van der Waals surface area contributed by atoms with Crippen molar-refractivity contribution in [3.8, 4) is 5.82 Å². The van der Waals surface area contributed by atoms with Gasteiger partial charge in [0.1, 0.15) is 23.3 Å². The number of benzene rings is 1. The zero-order valence-electron chi connectivity index (χ0n) is 17.0. The molecule has 154 valence electrons. The van der Waals surface area contributed by atoms with Crippen LogP contribution in [0.5, 0.6) is 0 Å². The molecule has 0 radical (unpaired) electrons. The van der Waals surface area contributed by atoms with Crippen LogP contribution < -0.4 is 4.90 Å². The van der Waals surface area contributed by atoms with Crippen molar-refractivity contribution in [2.24, 2.45) is 0 Å². The standard InChI is InChI=1S/C23H24FN5O/c1-17-25-20(27-10-2-3-11-27)16-21(26-17)28-12-14-29(15-13-28)22(30)23(8-9-23)18-4-6-19(24)7-5-18/h2-7,10-11,16H,8-9,12-15H2,1H3. The van der Waals surface area contributed by atoms with Crippen LogP contribution in [0.25, 0.3) is 5.82 Å². The molecule has 1 aliphatic carbocycles. The number of carbonyl (C=O) groups excluding carboxylic acids is 1. The summed E-state index contributed by atoms with van der Waals surface area (Å²) < 4.78 is 15.3. The quantitative estimate of drug-likeness (QED) is 0.669. The first-order valence-electron chi connectivity index (χ1n) is 10.3. The van der Waals surface area contributed by atoms with E-state index >= 15 is 0 Å². The van der Waals surface area contributed by atoms with Crippen molar-refractivity contribution in [3.63, 3.8) is 0 Å². The maximum absolute atomic E-state index is 13.3. The van der Waals surface area contributed by atoms with E-state index in [2.05, 4.69) is 14.9 Å². The van der Waals surface area contributed by atoms with Crippen molar-refractivity contribution in [2.45, 2.75) is 25.2 Å². The second-order valence-electron chi connectivity index (χ2n) is 8.09. The first-order valence-corrected chi connectivity index (χ1v) is 10.3. The van der Waals surface area contributed by atoms with E-state index in [1.54, 1.807) is 12.1 Å². The highest BCUT2D eigenvalue weighted by Crippen LogP contribution is 2.49. The van der Waals surface area contributed by atoms with E-state index in [-0.39, 0.29) is 11.7 Å². The van der Waals surface area contributed by atoms with Gasteiger partial charge < -0.3 is 14.4 Å². The summed E-state index contributed by atoms with van der Waals surface area (Å²) in [5.74, 6) is 2.35. The Labute approximate surface area is 175 Å². The van der Waals surface area contributed by atoms with Crippen LogP contribution in [0.4, 0.5) is 10.2 Å². The second kappa shape index (κ2) is 7.23. The maximum Gasteiger partial charge on any atom is 0.233 e. The molecule has 2 aliphatic rings. The van der Waals surface area contributed by atoms with Gasteiger partial charge in [-0.2, -0.15) is 0 Å². The molecule has 0 bridgehead atoms. The Hall–Kier alpha value is -3.22. The summed E-state index contributed by atoms with van der Waals surface area (Å²) in [7, 11) is 0. The van der Waals surface area contributed by atoms with E-state index in [1.165, 1.54) is 12.1 Å². The van der Waals surface area contributed by atoms with Crippen molar-refractivity contribution in [3.05, 3.63) is 72.1 Å². The molecule has 0 spiro atoms. The molecule has 2 fully saturated rings. The van der Waals surface area contributed by atoms with Gasteiger partial charge in [-0.1, -0.05) is 12.1 Å². The topological polar surface area (TPSA) is 54.3 Å². The van der Waals surface area contributed by atoms with Gasteiger partial charge in [0.25, 0.3) is 0 Å². The maximum atomic E-state index is 13.3. The second-order valence-corrected chi connectivity index (χ2v) is 8.09. The normalized spacial score (nSPS) is 17.8. The number of amides is 1. The van der Waals surface area contributed by atoms with Crippen LogP contribution in [0.1, 0.15) is 24.2 Å². The number of carbonyl (C=O) groups is 1. The fourth-order valence-corrected chi connectivity index (χ4v) is 4.28. The Morgan fingerprint density at radius 2 is 1.60 bits per heavy atom. The van der Waals surface area contributed by atoms with Crippen LogP contribution in [-0.2, 0) is 10.2 Å². The molecular weight excluding hydrogens is 381 g/mol. The minimum atomic E-state index is -0.455. The number of hydrogen-bond donors (Lipinski definition) is 0. The molecule has 3 aromatic rings. The number of rotatable bonds is 4. The number of nitrogens with zero attached hydrogens (tertiary/aromatic N) is 5. The van der Waals surface area contributed by atoms with Crippen molar-refractivity contribution < 1.29 is 9.18 Å². The lowest BCUT2D eigenvalue weighted by Crippen LogP contribution is -2.51. The van der Waals surface area contributed by atoms with Gasteiger partial charge in [-0.25, -0.2) is 14.4 Å². The summed E-state index contributed by atoms with van der Waals surface area (Å²) >= 11 is 0. The zero-order chi connectivity index (χ0) is 20.7. The van der Waals surface area contributed by atoms with Gasteiger partial charge >= 0.3 is 0 Å². The van der Waals surface area contributed by atoms with Gasteiger partial charge in [0.2, 0.25) is 5.91 Å². The van der Waals surface area contributed by atoms with Gasteiger partial charge in [0, 0.05) is 44.6 Å². The number of anilines is 1. The minimum absolute atomic E-state index is 0.167. The Kier molecular flexibility index (Phi) is 4.53. The highest BCUT2D eigenvalue weighted by molar-refractivity contribution is 5.91. The third-order valence-electron chi connectivity index (χ3n) is 6.13. The van der Waals surface area contributed by atoms with Gasteiger partial charge in [-0.15, -0.1) is 0 Å². The zero-order valence-corrected chi connectivity index (χ0v) is 17.0. The molecule has 1 amide bonds. The van der Waals surface area contributed by atoms with Crippen LogP contribution in [0.3, 0.4) is 0 Å². The van der Waals surface area contributed by atoms with E-state index in [1.807, 2.05) is 47.0 Å². The van der Waals surface area contributed by atoms with Gasteiger partial charge in [-0.05, 0) is 49.6 Å². The van der Waals surface area contributed by atoms with Gasteiger partial charge in [0.15, 0.2) is 0 Å². The molecule has 0 unspecified atom stereocenters. The van der Waals surface area contributed by atoms with Crippen LogP contribution in [0.2, 0.25) is 0 Å². The van der Waals surface area contributed by atoms with Crippen LogP contribution in [0.15, 0.2) is 54.9 Å². The van der Waals surface area contributed by atoms with E-state index in [0.717, 1.165) is 49.0 Å². The molecule has 1 aromatic carbocycles. The molecule has 2 aromatic heterocycles. The van der Waals surface area contributed by atoms with Crippen molar-refractivity contribution >= 4 is 11.7 Å². The predicted octanol–water partition coefficient (Wildman–Crippen LogP) is 3.10. The number of hydrogen-bond acceptors (Lipinski definition) is 4. The highest BCUT2D eigenvalue weighted by Gasteiger charge is 2.53. The Balaban J connectivity index is 1.29. The molecule has 7 heteroatoms. The number of piperazine rings is 1. The van der Waals surface area contributed by atoms with E-state index in [0.29, 0.717) is 13.1 Å². The number of halogens is 1. The van der Waals surface area contributed by atoms with Crippen LogP contribution >= 0.6 is 0 Å². The summed E-state index contributed by atoms with van der Waals surface area (Å²) in [6.07, 6.45) is 5.60. The molecule has 6 nitrogen and oxygen atoms in total. The smallest absolute Gasteiger partial charge is 0.233 e. The molecule has 3 heterocycles. The monoisotopic (exact) mass is 405 g/mol. The first-order chi connectivity index (χ1) is 14.5. The molecule has 0 atom stereocenters. The van der Waals surface area contributed by atoms with Crippen molar-refractivity contribution in [2.75, 3.05) is 31.1 Å². The van der Waals surface area contributed by atoms with E-state index in [9.17, 15) is 9.18 Å². The average molecular weight is 405 g/mol. The van der Waals surface area contributed by atoms with Gasteiger partial charge in [-0.3, -0.25) is 4.79 Å². The summed E-state index contributed by atoms with van der Waals surface area (Å²) in [4.78, 5) is 26.6. The first kappa shape index (κ1) is 18.8. The Bertz CT molecular complexity index is 1050. The van der Waals surface area contributed by atoms with Crippen LogP contribution in [-0.4, -0.2) is 51.5 Å². The third kappa shape index (κ3) is 3.34. The number of aryl methyl sites for hydroxylation is 1. The summed E-state index contributed by atoms with van der Waals surface area (Å²) in [6, 6.07) is 12.3. The van der Waals surface area contributed by atoms with E-state index in [4.69, 9.17) is 0 Å². The minimum Gasteiger partial charge on any atom is -0.353 e. The van der Waals surface area contributed by atoms with Gasteiger partial charge in [0.05, 0.1) is 5.41 Å². The molecule has 1 aliphatic heterocycles. The van der Waals surface area contributed by atoms with Crippen molar-refractivity contribution in [1.29, 1.82) is 0 Å². The predicted molar refractivity (Wildman–Crippen MR) is 112 cm³/mol. The summed E-state index contributed by atoms with van der Waals surface area (Å²) in [6.45, 7) is 4.67. The largest absolute Gasteiger partial charge is 0.353 e. The molecular formula is C23H24FN5O. The lowest BCUT2D eigenvalue weighted by atomic mass is 9.94. The molecule has 1 saturated heterocycles. The lowest BCUT2D eigenvalue weighted by molar-refractivity contribution is -0.134. The fraction of sp³-hybridized carbons (Fsp3) is 0.348. The molecule has 30 heavy (non-hydrogen) atoms. The molecule has 1 saturated carbocycles. The summed E-state index contributed by atoms with van der Waals surface area (Å²) in [5, 5.41) is 0.